The lowest BCUT2D eigenvalue weighted by molar-refractivity contribution is 0.0892. The van der Waals surface area contributed by atoms with Gasteiger partial charge in [-0.25, -0.2) is 0 Å². The molecule has 0 amide bonds. The summed E-state index contributed by atoms with van der Waals surface area (Å²) in [5, 5.41) is 11.8. The van der Waals surface area contributed by atoms with Gasteiger partial charge in [0.05, 0.1) is 13.2 Å². The normalized spacial score (nSPS) is 16.1. The maximum absolute atomic E-state index is 12.6. The lowest BCUT2D eigenvalue weighted by atomic mass is 10.1. The number of carbonyl (C=O) groups is 1. The fourth-order valence-electron chi connectivity index (χ4n) is 4.30. The summed E-state index contributed by atoms with van der Waals surface area (Å²) in [5.41, 5.74) is 2.66. The van der Waals surface area contributed by atoms with Gasteiger partial charge in [-0.1, -0.05) is 24.6 Å². The Morgan fingerprint density at radius 2 is 1.81 bits per heavy atom. The van der Waals surface area contributed by atoms with Crippen LogP contribution in [-0.2, 0) is 6.54 Å². The van der Waals surface area contributed by atoms with E-state index < -0.39 is 6.10 Å². The van der Waals surface area contributed by atoms with Crippen molar-refractivity contribution in [1.29, 1.82) is 0 Å². The number of allylic oxidation sites excluding steroid dienone is 1. The van der Waals surface area contributed by atoms with Crippen LogP contribution in [0.1, 0.15) is 35.2 Å². The second kappa shape index (κ2) is 9.94. The van der Waals surface area contributed by atoms with Crippen LogP contribution >= 0.6 is 0 Å². The lowest BCUT2D eigenvalue weighted by Crippen LogP contribution is -2.37. The molecule has 5 heteroatoms. The molecule has 4 rings (SSSR count). The van der Waals surface area contributed by atoms with Crippen molar-refractivity contribution >= 4 is 22.8 Å². The molecule has 162 valence electrons. The van der Waals surface area contributed by atoms with Crippen molar-refractivity contribution in [2.45, 2.75) is 31.9 Å². The highest BCUT2D eigenvalue weighted by atomic mass is 16.5. The number of para-hydroxylation sites is 1. The number of fused-ring (bicyclic) bond motifs is 1. The monoisotopic (exact) mass is 418 g/mol. The molecule has 1 unspecified atom stereocenters. The third kappa shape index (κ3) is 5.24. The Bertz CT molecular complexity index is 1050. The molecule has 1 saturated heterocycles. The van der Waals surface area contributed by atoms with Crippen molar-refractivity contribution < 1.29 is 14.6 Å². The smallest absolute Gasteiger partial charge is 0.185 e. The highest BCUT2D eigenvalue weighted by Crippen LogP contribution is 2.23. The van der Waals surface area contributed by atoms with Gasteiger partial charge in [0.25, 0.3) is 0 Å². The largest absolute Gasteiger partial charge is 0.497 e. The van der Waals surface area contributed by atoms with Gasteiger partial charge in [-0.15, -0.1) is 0 Å². The Morgan fingerprint density at radius 3 is 2.55 bits per heavy atom. The number of aliphatic hydroxyl groups is 1. The predicted octanol–water partition coefficient (Wildman–Crippen LogP) is 4.39. The second-order valence-corrected chi connectivity index (χ2v) is 8.20. The molecule has 2 heterocycles. The number of benzene rings is 2. The number of aromatic nitrogens is 1. The molecule has 2 aromatic carbocycles. The van der Waals surface area contributed by atoms with E-state index in [1.165, 1.54) is 19.3 Å². The van der Waals surface area contributed by atoms with Crippen LogP contribution in [0.5, 0.6) is 5.75 Å². The van der Waals surface area contributed by atoms with Crippen molar-refractivity contribution in [3.8, 4) is 5.75 Å². The van der Waals surface area contributed by atoms with Gasteiger partial charge in [0, 0.05) is 41.3 Å². The van der Waals surface area contributed by atoms with E-state index in [2.05, 4.69) is 21.6 Å². The molecule has 0 aliphatic carbocycles. The van der Waals surface area contributed by atoms with Crippen LogP contribution in [0.3, 0.4) is 0 Å². The van der Waals surface area contributed by atoms with E-state index in [1.54, 1.807) is 37.5 Å². The number of carbonyl (C=O) groups excluding carboxylic acids is 1. The molecule has 0 spiro atoms. The molecule has 0 radical (unpaired) electrons. The first kappa shape index (κ1) is 21.3. The van der Waals surface area contributed by atoms with Crippen LogP contribution in [0.15, 0.2) is 60.8 Å². The van der Waals surface area contributed by atoms with Gasteiger partial charge in [-0.2, -0.15) is 0 Å². The molecule has 0 saturated carbocycles. The van der Waals surface area contributed by atoms with E-state index in [1.807, 2.05) is 24.4 Å². The van der Waals surface area contributed by atoms with E-state index in [0.717, 1.165) is 35.3 Å². The van der Waals surface area contributed by atoms with Crippen molar-refractivity contribution in [3.05, 3.63) is 71.9 Å². The summed E-state index contributed by atoms with van der Waals surface area (Å²) < 4.78 is 7.25. The average Bonchev–Trinajstić information content (AvgIpc) is 3.15. The third-order valence-corrected chi connectivity index (χ3v) is 5.93. The molecule has 1 atom stereocenters. The second-order valence-electron chi connectivity index (χ2n) is 8.20. The van der Waals surface area contributed by atoms with Crippen LogP contribution in [0, 0.1) is 0 Å². The van der Waals surface area contributed by atoms with E-state index in [9.17, 15) is 9.90 Å². The fraction of sp³-hybridized carbons (Fsp3) is 0.346. The number of nitrogens with zero attached hydrogens (tertiary/aromatic N) is 2. The van der Waals surface area contributed by atoms with Gasteiger partial charge in [0.15, 0.2) is 5.78 Å². The van der Waals surface area contributed by atoms with Crippen LogP contribution in [-0.4, -0.2) is 53.2 Å². The maximum Gasteiger partial charge on any atom is 0.185 e. The number of hydrogen-bond acceptors (Lipinski definition) is 4. The van der Waals surface area contributed by atoms with Gasteiger partial charge in [0.1, 0.15) is 5.75 Å². The van der Waals surface area contributed by atoms with Crippen molar-refractivity contribution in [1.82, 2.24) is 9.47 Å². The van der Waals surface area contributed by atoms with E-state index in [-0.39, 0.29) is 5.78 Å². The van der Waals surface area contributed by atoms with Crippen LogP contribution in [0.2, 0.25) is 0 Å². The first-order valence-electron chi connectivity index (χ1n) is 11.0. The molecule has 1 aliphatic rings. The molecule has 31 heavy (non-hydrogen) atoms. The standard InChI is InChI=1S/C26H30N2O3/c1-31-23-12-9-20(10-13-23)26(30)14-11-21-17-28(25-8-4-3-7-24(21)25)19-22(29)18-27-15-5-2-6-16-27/h3-4,7-14,17,22,29H,2,5-6,15-16,18-19H2,1H3. The highest BCUT2D eigenvalue weighted by Gasteiger charge is 2.16. The first-order chi connectivity index (χ1) is 15.1. The minimum Gasteiger partial charge on any atom is -0.497 e. The summed E-state index contributed by atoms with van der Waals surface area (Å²) in [5.74, 6) is 0.677. The molecule has 5 nitrogen and oxygen atoms in total. The molecule has 0 bridgehead atoms. The number of piperidine rings is 1. The molecule has 1 aliphatic heterocycles. The number of methoxy groups -OCH3 is 1. The van der Waals surface area contributed by atoms with Crippen LogP contribution < -0.4 is 4.74 Å². The summed E-state index contributed by atoms with van der Waals surface area (Å²) in [6.07, 6.45) is 8.81. The Morgan fingerprint density at radius 1 is 1.06 bits per heavy atom. The molecule has 1 N–H and O–H groups in total. The molecule has 3 aromatic rings. The lowest BCUT2D eigenvalue weighted by Gasteiger charge is -2.28. The maximum atomic E-state index is 12.6. The minimum absolute atomic E-state index is 0.0513. The average molecular weight is 419 g/mol. The zero-order valence-electron chi connectivity index (χ0n) is 18.0. The fourth-order valence-corrected chi connectivity index (χ4v) is 4.30. The number of hydrogen-bond donors (Lipinski definition) is 1. The van der Waals surface area contributed by atoms with Crippen LogP contribution in [0.25, 0.3) is 17.0 Å². The highest BCUT2D eigenvalue weighted by molar-refractivity contribution is 6.07. The SMILES string of the molecule is COc1ccc(C(=O)C=Cc2cn(CC(O)CN3CCCCC3)c3ccccc23)cc1. The summed E-state index contributed by atoms with van der Waals surface area (Å²) in [6, 6.07) is 15.2. The molecular formula is C26H30N2O3. The Kier molecular flexibility index (Phi) is 6.85. The first-order valence-corrected chi connectivity index (χ1v) is 11.0. The summed E-state index contributed by atoms with van der Waals surface area (Å²) in [7, 11) is 1.61. The van der Waals surface area contributed by atoms with Gasteiger partial charge in [-0.05, 0) is 68.4 Å². The number of rotatable bonds is 8. The van der Waals surface area contributed by atoms with E-state index in [0.29, 0.717) is 18.7 Å². The van der Waals surface area contributed by atoms with Crippen molar-refractivity contribution in [2.24, 2.45) is 0 Å². The number of β-amino-alcohol motifs (C(OH)–C–C–N with tert-alkyl or cyclic N) is 1. The number of likely N-dealkylation sites (tertiary alicyclic amines) is 1. The zero-order valence-corrected chi connectivity index (χ0v) is 18.0. The van der Waals surface area contributed by atoms with Crippen molar-refractivity contribution in [3.63, 3.8) is 0 Å². The van der Waals surface area contributed by atoms with E-state index in [4.69, 9.17) is 4.74 Å². The zero-order chi connectivity index (χ0) is 21.6. The van der Waals surface area contributed by atoms with Gasteiger partial charge >= 0.3 is 0 Å². The summed E-state index contributed by atoms with van der Waals surface area (Å²) in [4.78, 5) is 14.9. The molecule has 1 aromatic heterocycles. The predicted molar refractivity (Wildman–Crippen MR) is 125 cm³/mol. The van der Waals surface area contributed by atoms with Crippen molar-refractivity contribution in [2.75, 3.05) is 26.7 Å². The molecular weight excluding hydrogens is 388 g/mol. The Labute approximate surface area is 183 Å². The number of ether oxygens (including phenoxy) is 1. The summed E-state index contributed by atoms with van der Waals surface area (Å²) >= 11 is 0. The summed E-state index contributed by atoms with van der Waals surface area (Å²) in [6.45, 7) is 3.39. The van der Waals surface area contributed by atoms with Crippen LogP contribution in [0.4, 0.5) is 0 Å². The Hall–Kier alpha value is -2.89. The quantitative estimate of drug-likeness (QED) is 0.435. The topological polar surface area (TPSA) is 54.7 Å². The van der Waals surface area contributed by atoms with E-state index >= 15 is 0 Å². The van der Waals surface area contributed by atoms with Gasteiger partial charge in [-0.3, -0.25) is 4.79 Å². The minimum atomic E-state index is -0.424. The third-order valence-electron chi connectivity index (χ3n) is 5.93. The number of aliphatic hydroxyl groups excluding tert-OH is 1. The van der Waals surface area contributed by atoms with Gasteiger partial charge < -0.3 is 19.3 Å². The Balaban J connectivity index is 1.50. The van der Waals surface area contributed by atoms with Gasteiger partial charge in [0.2, 0.25) is 0 Å². The molecule has 1 fully saturated rings. The number of ketones is 1.